The zero-order valence-electron chi connectivity index (χ0n) is 11.6. The van der Waals surface area contributed by atoms with E-state index in [0.717, 1.165) is 12.1 Å². The number of halogens is 1. The number of aryl methyl sites for hydroxylation is 1. The van der Waals surface area contributed by atoms with E-state index in [4.69, 9.17) is 5.11 Å². The van der Waals surface area contributed by atoms with Crippen LogP contribution in [0.15, 0.2) is 23.1 Å². The molecule has 0 spiro atoms. The summed E-state index contributed by atoms with van der Waals surface area (Å²) >= 11 is 0. The minimum Gasteiger partial charge on any atom is -0.480 e. The molecule has 0 unspecified atom stereocenters. The number of carboxylic acid groups (broad SMARTS) is 1. The molecule has 0 heterocycles. The fourth-order valence-electron chi connectivity index (χ4n) is 1.75. The number of carbonyl (C=O) groups is 1. The van der Waals surface area contributed by atoms with E-state index in [0.29, 0.717) is 5.56 Å². The van der Waals surface area contributed by atoms with Gasteiger partial charge in [0.15, 0.2) is 0 Å². The molecule has 2 N–H and O–H groups in total. The van der Waals surface area contributed by atoms with Crippen molar-refractivity contribution >= 4 is 16.0 Å². The van der Waals surface area contributed by atoms with E-state index in [2.05, 4.69) is 0 Å². The third kappa shape index (κ3) is 4.28. The van der Waals surface area contributed by atoms with Gasteiger partial charge in [-0.15, -0.1) is 0 Å². The van der Waals surface area contributed by atoms with Gasteiger partial charge in [-0.05, 0) is 37.0 Å². The Kier molecular flexibility index (Phi) is 5.24. The molecular formula is C13H18FNO4S. The lowest BCUT2D eigenvalue weighted by molar-refractivity contribution is -0.139. The Labute approximate surface area is 117 Å². The Morgan fingerprint density at radius 3 is 2.45 bits per heavy atom. The second-order valence-corrected chi connectivity index (χ2v) is 6.76. The van der Waals surface area contributed by atoms with Gasteiger partial charge in [0.25, 0.3) is 0 Å². The summed E-state index contributed by atoms with van der Waals surface area (Å²) in [5.74, 6) is -2.19. The van der Waals surface area contributed by atoms with Crippen LogP contribution in [0.5, 0.6) is 0 Å². The molecule has 1 rings (SSSR count). The molecule has 0 saturated heterocycles. The first-order chi connectivity index (χ1) is 9.13. The Balaban J connectivity index is 3.06. The first kappa shape index (κ1) is 16.6. The fourth-order valence-corrected chi connectivity index (χ4v) is 3.01. The summed E-state index contributed by atoms with van der Waals surface area (Å²) < 4.78 is 39.8. The number of sulfonamides is 1. The van der Waals surface area contributed by atoms with Crippen LogP contribution in [0.25, 0.3) is 0 Å². The van der Waals surface area contributed by atoms with Crippen molar-refractivity contribution in [2.75, 3.05) is 0 Å². The second-order valence-electron chi connectivity index (χ2n) is 5.08. The molecule has 5 nitrogen and oxygen atoms in total. The molecule has 0 aromatic heterocycles. The highest BCUT2D eigenvalue weighted by atomic mass is 32.2. The van der Waals surface area contributed by atoms with E-state index in [1.54, 1.807) is 20.8 Å². The van der Waals surface area contributed by atoms with Crippen LogP contribution in [-0.4, -0.2) is 25.5 Å². The maximum absolute atomic E-state index is 13.7. The van der Waals surface area contributed by atoms with Crippen LogP contribution in [-0.2, 0) is 14.8 Å². The average Bonchev–Trinajstić information content (AvgIpc) is 2.26. The standard InChI is InChI=1S/C13H18FNO4S/c1-8(2)6-11(13(16)17)15-20(18,19)12-5-4-9(3)7-10(12)14/h4-5,7-8,11,15H,6H2,1-3H3,(H,16,17)/t11-/m0/s1. The van der Waals surface area contributed by atoms with Crippen molar-refractivity contribution in [2.45, 2.75) is 38.1 Å². The van der Waals surface area contributed by atoms with Gasteiger partial charge in [0, 0.05) is 0 Å². The lowest BCUT2D eigenvalue weighted by Gasteiger charge is -2.17. The number of carboxylic acids is 1. The normalized spacial score (nSPS) is 13.4. The van der Waals surface area contributed by atoms with Crippen LogP contribution in [0, 0.1) is 18.7 Å². The molecule has 0 aliphatic carbocycles. The molecule has 112 valence electrons. The summed E-state index contributed by atoms with van der Waals surface area (Å²) in [4.78, 5) is 10.5. The van der Waals surface area contributed by atoms with E-state index in [1.165, 1.54) is 6.07 Å². The van der Waals surface area contributed by atoms with Crippen molar-refractivity contribution in [1.29, 1.82) is 0 Å². The van der Waals surface area contributed by atoms with Crippen molar-refractivity contribution in [2.24, 2.45) is 5.92 Å². The van der Waals surface area contributed by atoms with Crippen LogP contribution in [0.1, 0.15) is 25.8 Å². The Hall–Kier alpha value is -1.47. The largest absolute Gasteiger partial charge is 0.480 e. The first-order valence-electron chi connectivity index (χ1n) is 6.14. The van der Waals surface area contributed by atoms with Crippen molar-refractivity contribution in [3.63, 3.8) is 0 Å². The highest BCUT2D eigenvalue weighted by Crippen LogP contribution is 2.17. The SMILES string of the molecule is Cc1ccc(S(=O)(=O)N[C@@H](CC(C)C)C(=O)O)c(F)c1. The molecule has 1 atom stereocenters. The van der Waals surface area contributed by atoms with Gasteiger partial charge in [0.05, 0.1) is 0 Å². The maximum Gasteiger partial charge on any atom is 0.321 e. The van der Waals surface area contributed by atoms with Gasteiger partial charge in [-0.3, -0.25) is 4.79 Å². The van der Waals surface area contributed by atoms with Gasteiger partial charge in [-0.25, -0.2) is 12.8 Å². The highest BCUT2D eigenvalue weighted by molar-refractivity contribution is 7.89. The fraction of sp³-hybridized carbons (Fsp3) is 0.462. The molecule has 0 saturated carbocycles. The minimum atomic E-state index is -4.20. The highest BCUT2D eigenvalue weighted by Gasteiger charge is 2.27. The first-order valence-corrected chi connectivity index (χ1v) is 7.63. The summed E-state index contributed by atoms with van der Waals surface area (Å²) in [6.45, 7) is 5.18. The quantitative estimate of drug-likeness (QED) is 0.841. The average molecular weight is 303 g/mol. The number of benzene rings is 1. The number of nitrogens with one attached hydrogen (secondary N) is 1. The van der Waals surface area contributed by atoms with Crippen LogP contribution in [0.2, 0.25) is 0 Å². The molecule has 7 heteroatoms. The Morgan fingerprint density at radius 2 is 2.00 bits per heavy atom. The monoisotopic (exact) mass is 303 g/mol. The molecule has 1 aromatic rings. The summed E-state index contributed by atoms with van der Waals surface area (Å²) in [5.41, 5.74) is 0.582. The van der Waals surface area contributed by atoms with E-state index >= 15 is 0 Å². The lowest BCUT2D eigenvalue weighted by atomic mass is 10.1. The molecule has 1 aromatic carbocycles. The van der Waals surface area contributed by atoms with Crippen molar-refractivity contribution < 1.29 is 22.7 Å². The number of aliphatic carboxylic acids is 1. The van der Waals surface area contributed by atoms with Crippen molar-refractivity contribution in [3.05, 3.63) is 29.6 Å². The molecule has 0 fully saturated rings. The van der Waals surface area contributed by atoms with Gasteiger partial charge in [0.2, 0.25) is 10.0 Å². The van der Waals surface area contributed by atoms with E-state index in [1.807, 2.05) is 4.72 Å². The van der Waals surface area contributed by atoms with Crippen molar-refractivity contribution in [1.82, 2.24) is 4.72 Å². The topological polar surface area (TPSA) is 83.5 Å². The third-order valence-electron chi connectivity index (χ3n) is 2.68. The Bertz CT molecular complexity index is 598. The predicted octanol–water partition coefficient (Wildman–Crippen LogP) is 1.91. The maximum atomic E-state index is 13.7. The number of rotatable bonds is 6. The lowest BCUT2D eigenvalue weighted by Crippen LogP contribution is -2.41. The van der Waals surface area contributed by atoms with Crippen LogP contribution >= 0.6 is 0 Å². The summed E-state index contributed by atoms with van der Waals surface area (Å²) in [6, 6.07) is 2.39. The van der Waals surface area contributed by atoms with Gasteiger partial charge >= 0.3 is 5.97 Å². The van der Waals surface area contributed by atoms with Crippen molar-refractivity contribution in [3.8, 4) is 0 Å². The molecule has 20 heavy (non-hydrogen) atoms. The van der Waals surface area contributed by atoms with Crippen LogP contribution in [0.4, 0.5) is 4.39 Å². The second kappa shape index (κ2) is 6.32. The van der Waals surface area contributed by atoms with Gasteiger partial charge in [-0.2, -0.15) is 4.72 Å². The van der Waals surface area contributed by atoms with Crippen LogP contribution in [0.3, 0.4) is 0 Å². The zero-order chi connectivity index (χ0) is 15.5. The molecular weight excluding hydrogens is 285 g/mol. The summed E-state index contributed by atoms with van der Waals surface area (Å²) in [6.07, 6.45) is 0.127. The van der Waals surface area contributed by atoms with Gasteiger partial charge < -0.3 is 5.11 Å². The summed E-state index contributed by atoms with van der Waals surface area (Å²) in [7, 11) is -4.20. The number of hydrogen-bond donors (Lipinski definition) is 2. The molecule has 0 bridgehead atoms. The number of hydrogen-bond acceptors (Lipinski definition) is 3. The molecule has 0 amide bonds. The van der Waals surface area contributed by atoms with Gasteiger partial charge in [0.1, 0.15) is 16.8 Å². The third-order valence-corrected chi connectivity index (χ3v) is 4.18. The van der Waals surface area contributed by atoms with Crippen LogP contribution < -0.4 is 4.72 Å². The minimum absolute atomic E-state index is 0.0123. The van der Waals surface area contributed by atoms with E-state index < -0.39 is 32.7 Å². The molecule has 0 aliphatic rings. The van der Waals surface area contributed by atoms with E-state index in [-0.39, 0.29) is 12.3 Å². The predicted molar refractivity (Wildman–Crippen MR) is 72.3 cm³/mol. The summed E-state index contributed by atoms with van der Waals surface area (Å²) in [5, 5.41) is 9.03. The smallest absolute Gasteiger partial charge is 0.321 e. The Morgan fingerprint density at radius 1 is 1.40 bits per heavy atom. The van der Waals surface area contributed by atoms with E-state index in [9.17, 15) is 17.6 Å². The van der Waals surface area contributed by atoms with Gasteiger partial charge in [-0.1, -0.05) is 19.9 Å². The zero-order valence-corrected chi connectivity index (χ0v) is 12.4. The molecule has 0 aliphatic heterocycles. The molecule has 0 radical (unpaired) electrons.